The number of hydrogen-bond acceptors (Lipinski definition) is 3. The molecule has 5 heteroatoms. The number of nitrogens with one attached hydrogen (secondary N) is 1. The summed E-state index contributed by atoms with van der Waals surface area (Å²) in [6, 6.07) is 6.26. The summed E-state index contributed by atoms with van der Waals surface area (Å²) in [5.74, 6) is -1.41. The Hall–Kier alpha value is -2.14. The van der Waals surface area contributed by atoms with E-state index in [0.717, 1.165) is 16.7 Å². The van der Waals surface area contributed by atoms with Crippen LogP contribution in [0.4, 0.5) is 0 Å². The topological polar surface area (TPSA) is 66.4 Å². The second kappa shape index (κ2) is 6.10. The van der Waals surface area contributed by atoms with Crippen LogP contribution >= 0.6 is 11.3 Å². The molecule has 2 rings (SSSR count). The lowest BCUT2D eigenvalue weighted by molar-refractivity contribution is -0.139. The van der Waals surface area contributed by atoms with Gasteiger partial charge in [-0.3, -0.25) is 4.79 Å². The molecular formula is C16H17NO3S. The highest BCUT2D eigenvalue weighted by Gasteiger charge is 2.25. The highest BCUT2D eigenvalue weighted by molar-refractivity contribution is 7.12. The fourth-order valence-corrected chi connectivity index (χ4v) is 2.99. The molecule has 0 saturated heterocycles. The van der Waals surface area contributed by atoms with Crippen molar-refractivity contribution < 1.29 is 14.7 Å². The molecule has 1 unspecified atom stereocenters. The van der Waals surface area contributed by atoms with E-state index in [1.165, 1.54) is 11.3 Å². The zero-order chi connectivity index (χ0) is 15.6. The minimum Gasteiger partial charge on any atom is -0.479 e. The summed E-state index contributed by atoms with van der Waals surface area (Å²) in [5.41, 5.74) is 3.35. The minimum absolute atomic E-state index is 0.351. The van der Waals surface area contributed by atoms with Gasteiger partial charge in [0.25, 0.3) is 5.91 Å². The van der Waals surface area contributed by atoms with Crippen LogP contribution in [0.25, 0.3) is 0 Å². The second-order valence-electron chi connectivity index (χ2n) is 4.97. The highest BCUT2D eigenvalue weighted by Crippen LogP contribution is 2.23. The number of carbonyl (C=O) groups is 2. The van der Waals surface area contributed by atoms with Gasteiger partial charge in [0.15, 0.2) is 6.04 Å². The third-order valence-corrected chi connectivity index (χ3v) is 4.56. The van der Waals surface area contributed by atoms with Gasteiger partial charge < -0.3 is 10.4 Å². The summed E-state index contributed by atoms with van der Waals surface area (Å²) in [6.07, 6.45) is 0. The lowest BCUT2D eigenvalue weighted by Gasteiger charge is -2.18. The van der Waals surface area contributed by atoms with Gasteiger partial charge in [-0.25, -0.2) is 4.79 Å². The van der Waals surface area contributed by atoms with Crippen LogP contribution in [0.3, 0.4) is 0 Å². The minimum atomic E-state index is -1.06. The number of carboxylic acid groups (broad SMARTS) is 1. The number of benzene rings is 1. The predicted molar refractivity (Wildman–Crippen MR) is 82.8 cm³/mol. The maximum Gasteiger partial charge on any atom is 0.330 e. The Labute approximate surface area is 127 Å². The molecule has 0 spiro atoms. The molecule has 2 N–H and O–H groups in total. The van der Waals surface area contributed by atoms with Crippen molar-refractivity contribution in [3.63, 3.8) is 0 Å². The molecule has 110 valence electrons. The number of rotatable bonds is 4. The Morgan fingerprint density at radius 3 is 2.43 bits per heavy atom. The first-order valence-corrected chi connectivity index (χ1v) is 7.43. The maximum absolute atomic E-state index is 12.2. The molecule has 0 fully saturated rings. The van der Waals surface area contributed by atoms with Gasteiger partial charge in [-0.1, -0.05) is 18.2 Å². The quantitative estimate of drug-likeness (QED) is 0.911. The molecule has 2 aromatic rings. The van der Waals surface area contributed by atoms with Gasteiger partial charge in [0.05, 0.1) is 4.88 Å². The molecule has 0 saturated carbocycles. The third-order valence-electron chi connectivity index (χ3n) is 3.55. The summed E-state index contributed by atoms with van der Waals surface area (Å²) >= 11 is 1.31. The molecule has 0 aliphatic carbocycles. The van der Waals surface area contributed by atoms with Gasteiger partial charge in [-0.15, -0.1) is 11.3 Å². The summed E-state index contributed by atoms with van der Waals surface area (Å²) in [4.78, 5) is 24.3. The summed E-state index contributed by atoms with van der Waals surface area (Å²) < 4.78 is 0. The van der Waals surface area contributed by atoms with Gasteiger partial charge in [0.2, 0.25) is 0 Å². The largest absolute Gasteiger partial charge is 0.479 e. The van der Waals surface area contributed by atoms with Crippen molar-refractivity contribution in [2.24, 2.45) is 0 Å². The highest BCUT2D eigenvalue weighted by atomic mass is 32.1. The molecule has 1 amide bonds. The summed E-state index contributed by atoms with van der Waals surface area (Å²) in [5, 5.41) is 13.9. The Balaban J connectivity index is 2.33. The predicted octanol–water partition coefficient (Wildman–Crippen LogP) is 3.23. The van der Waals surface area contributed by atoms with E-state index in [1.54, 1.807) is 12.1 Å². The van der Waals surface area contributed by atoms with E-state index in [9.17, 15) is 14.7 Å². The van der Waals surface area contributed by atoms with Crippen molar-refractivity contribution >= 4 is 23.2 Å². The van der Waals surface area contributed by atoms with E-state index in [-0.39, 0.29) is 5.91 Å². The molecule has 21 heavy (non-hydrogen) atoms. The average Bonchev–Trinajstić information content (AvgIpc) is 2.85. The Bertz CT molecular complexity index is 691. The van der Waals surface area contributed by atoms with E-state index in [1.807, 2.05) is 38.3 Å². The maximum atomic E-state index is 12.2. The summed E-state index contributed by atoms with van der Waals surface area (Å²) in [7, 11) is 0. The molecule has 0 bridgehead atoms. The fourth-order valence-electron chi connectivity index (χ4n) is 2.16. The van der Waals surface area contributed by atoms with Crippen LogP contribution in [0.2, 0.25) is 0 Å². The van der Waals surface area contributed by atoms with Crippen LogP contribution in [0.15, 0.2) is 29.6 Å². The number of amides is 1. The SMILES string of the molecule is Cc1ccsc1C(=O)NC(C(=O)O)c1cccc(C)c1C. The van der Waals surface area contributed by atoms with Crippen molar-refractivity contribution in [1.29, 1.82) is 0 Å². The third kappa shape index (κ3) is 3.13. The van der Waals surface area contributed by atoms with Gasteiger partial charge in [-0.05, 0) is 54.5 Å². The smallest absolute Gasteiger partial charge is 0.330 e. The number of thiophene rings is 1. The number of carboxylic acids is 1. The molecule has 1 aromatic heterocycles. The molecule has 1 atom stereocenters. The zero-order valence-corrected chi connectivity index (χ0v) is 13.0. The lowest BCUT2D eigenvalue weighted by Crippen LogP contribution is -2.34. The van der Waals surface area contributed by atoms with Crippen molar-refractivity contribution in [2.45, 2.75) is 26.8 Å². The first kappa shape index (κ1) is 15.3. The molecule has 1 heterocycles. The Morgan fingerprint density at radius 2 is 1.86 bits per heavy atom. The van der Waals surface area contributed by atoms with Gasteiger partial charge in [-0.2, -0.15) is 0 Å². The molecule has 0 aliphatic heterocycles. The molecular weight excluding hydrogens is 286 g/mol. The summed E-state index contributed by atoms with van der Waals surface area (Å²) in [6.45, 7) is 5.62. The van der Waals surface area contributed by atoms with Crippen LogP contribution in [-0.4, -0.2) is 17.0 Å². The van der Waals surface area contributed by atoms with E-state index >= 15 is 0 Å². The van der Waals surface area contributed by atoms with Crippen molar-refractivity contribution in [3.05, 3.63) is 56.8 Å². The van der Waals surface area contributed by atoms with Crippen molar-refractivity contribution in [3.8, 4) is 0 Å². The van der Waals surface area contributed by atoms with Gasteiger partial charge in [0.1, 0.15) is 0 Å². The van der Waals surface area contributed by atoms with E-state index in [4.69, 9.17) is 0 Å². The zero-order valence-electron chi connectivity index (χ0n) is 12.1. The van der Waals surface area contributed by atoms with Crippen LogP contribution in [0.1, 0.15) is 38.0 Å². The van der Waals surface area contributed by atoms with E-state index in [0.29, 0.717) is 10.4 Å². The Kier molecular flexibility index (Phi) is 4.43. The number of aliphatic carboxylic acids is 1. The molecule has 0 radical (unpaired) electrons. The first-order valence-electron chi connectivity index (χ1n) is 6.55. The monoisotopic (exact) mass is 303 g/mol. The number of aryl methyl sites for hydroxylation is 2. The molecule has 4 nitrogen and oxygen atoms in total. The van der Waals surface area contributed by atoms with Crippen LogP contribution in [-0.2, 0) is 4.79 Å². The van der Waals surface area contributed by atoms with Gasteiger partial charge in [0, 0.05) is 0 Å². The molecule has 1 aromatic carbocycles. The fraction of sp³-hybridized carbons (Fsp3) is 0.250. The van der Waals surface area contributed by atoms with Crippen LogP contribution in [0, 0.1) is 20.8 Å². The number of hydrogen-bond donors (Lipinski definition) is 2. The molecule has 0 aliphatic rings. The lowest BCUT2D eigenvalue weighted by atomic mass is 9.97. The standard InChI is InChI=1S/C16H17NO3S/c1-9-5-4-6-12(11(9)3)13(16(19)20)17-15(18)14-10(2)7-8-21-14/h4-8,13H,1-3H3,(H,17,18)(H,19,20). The van der Waals surface area contributed by atoms with Crippen molar-refractivity contribution in [1.82, 2.24) is 5.32 Å². The van der Waals surface area contributed by atoms with Crippen LogP contribution < -0.4 is 5.32 Å². The number of carbonyl (C=O) groups excluding carboxylic acids is 1. The second-order valence-corrected chi connectivity index (χ2v) is 5.88. The normalized spacial score (nSPS) is 12.0. The first-order chi connectivity index (χ1) is 9.91. The average molecular weight is 303 g/mol. The van der Waals surface area contributed by atoms with E-state index < -0.39 is 12.0 Å². The Morgan fingerprint density at radius 1 is 1.14 bits per heavy atom. The van der Waals surface area contributed by atoms with Crippen molar-refractivity contribution in [2.75, 3.05) is 0 Å². The van der Waals surface area contributed by atoms with E-state index in [2.05, 4.69) is 5.32 Å². The van der Waals surface area contributed by atoms with Gasteiger partial charge >= 0.3 is 5.97 Å². The van der Waals surface area contributed by atoms with Crippen LogP contribution in [0.5, 0.6) is 0 Å².